The molecule has 12 rings (SSSR count). The third kappa shape index (κ3) is 5.92. The Hall–Kier alpha value is -8.35. The first kappa shape index (κ1) is 34.7. The smallest absolute Gasteiger partial charge is 0.164 e. The molecule has 11 aromatic rings. The highest BCUT2D eigenvalue weighted by atomic mass is 16.5. The summed E-state index contributed by atoms with van der Waals surface area (Å²) in [6.07, 6.45) is 0. The molecule has 9 aromatic carbocycles. The summed E-state index contributed by atoms with van der Waals surface area (Å²) in [4.78, 5) is 17.4. The first-order valence-corrected chi connectivity index (χ1v) is 20.4. The van der Waals surface area contributed by atoms with Crippen LogP contribution in [0.4, 0.5) is 17.1 Å². The predicted molar refractivity (Wildman–Crippen MR) is 248 cm³/mol. The highest BCUT2D eigenvalue weighted by molar-refractivity contribution is 6.21. The van der Waals surface area contributed by atoms with Crippen molar-refractivity contribution in [2.24, 2.45) is 0 Å². The number of anilines is 3. The van der Waals surface area contributed by atoms with Crippen LogP contribution in [0.15, 0.2) is 212 Å². The molecule has 1 aliphatic heterocycles. The molecule has 286 valence electrons. The van der Waals surface area contributed by atoms with Crippen molar-refractivity contribution in [2.45, 2.75) is 0 Å². The van der Waals surface area contributed by atoms with Crippen LogP contribution in [0.25, 0.3) is 83.6 Å². The number of benzene rings is 9. The van der Waals surface area contributed by atoms with Crippen molar-refractivity contribution in [3.8, 4) is 62.5 Å². The number of aromatic nitrogens is 4. The van der Waals surface area contributed by atoms with Crippen molar-refractivity contribution in [3.63, 3.8) is 0 Å². The van der Waals surface area contributed by atoms with Gasteiger partial charge in [-0.25, -0.2) is 15.0 Å². The summed E-state index contributed by atoms with van der Waals surface area (Å²) >= 11 is 0. The molecule has 2 aromatic heterocycles. The van der Waals surface area contributed by atoms with Gasteiger partial charge in [0.25, 0.3) is 0 Å². The van der Waals surface area contributed by atoms with Gasteiger partial charge in [-0.1, -0.05) is 152 Å². The van der Waals surface area contributed by atoms with E-state index in [1.54, 1.807) is 0 Å². The van der Waals surface area contributed by atoms with Crippen LogP contribution < -0.4 is 9.64 Å². The molecule has 0 N–H and O–H groups in total. The molecule has 0 amide bonds. The van der Waals surface area contributed by atoms with Crippen LogP contribution in [-0.4, -0.2) is 19.5 Å². The third-order valence-corrected chi connectivity index (χ3v) is 11.6. The summed E-state index contributed by atoms with van der Waals surface area (Å²) in [6.45, 7) is 0. The summed E-state index contributed by atoms with van der Waals surface area (Å²) in [5.41, 5.74) is 11.3. The van der Waals surface area contributed by atoms with Gasteiger partial charge in [-0.15, -0.1) is 0 Å². The van der Waals surface area contributed by atoms with Gasteiger partial charge >= 0.3 is 0 Å². The Morgan fingerprint density at radius 3 is 1.70 bits per heavy atom. The zero-order valence-corrected chi connectivity index (χ0v) is 32.9. The average Bonchev–Trinajstić information content (AvgIpc) is 3.68. The lowest BCUT2D eigenvalue weighted by Crippen LogP contribution is -2.15. The van der Waals surface area contributed by atoms with Gasteiger partial charge in [0.05, 0.1) is 22.4 Å². The van der Waals surface area contributed by atoms with Crippen molar-refractivity contribution < 1.29 is 4.74 Å². The van der Waals surface area contributed by atoms with Crippen LogP contribution in [0.2, 0.25) is 0 Å². The van der Waals surface area contributed by atoms with E-state index in [-0.39, 0.29) is 0 Å². The van der Waals surface area contributed by atoms with Crippen LogP contribution in [0, 0.1) is 0 Å². The summed E-state index contributed by atoms with van der Waals surface area (Å²) in [5.74, 6) is 3.52. The lowest BCUT2D eigenvalue weighted by molar-refractivity contribution is 0.477. The lowest BCUT2D eigenvalue weighted by atomic mass is 9.99. The van der Waals surface area contributed by atoms with Crippen LogP contribution in [0.1, 0.15) is 0 Å². The van der Waals surface area contributed by atoms with Crippen molar-refractivity contribution in [3.05, 3.63) is 212 Å². The van der Waals surface area contributed by atoms with E-state index in [1.807, 2.05) is 72.8 Å². The lowest BCUT2D eigenvalue weighted by Gasteiger charge is -2.33. The average molecular weight is 782 g/mol. The third-order valence-electron chi connectivity index (χ3n) is 11.6. The van der Waals surface area contributed by atoms with Crippen LogP contribution in [0.5, 0.6) is 11.5 Å². The summed E-state index contributed by atoms with van der Waals surface area (Å²) in [7, 11) is 0. The van der Waals surface area contributed by atoms with Gasteiger partial charge in [0.15, 0.2) is 29.0 Å². The van der Waals surface area contributed by atoms with Gasteiger partial charge in [-0.3, -0.25) is 0 Å². The van der Waals surface area contributed by atoms with Crippen molar-refractivity contribution in [1.82, 2.24) is 19.5 Å². The summed E-state index contributed by atoms with van der Waals surface area (Å²) < 4.78 is 8.89. The van der Waals surface area contributed by atoms with Gasteiger partial charge < -0.3 is 14.2 Å². The van der Waals surface area contributed by atoms with Gasteiger partial charge in [0.2, 0.25) is 0 Å². The maximum Gasteiger partial charge on any atom is 0.164 e. The molecule has 6 nitrogen and oxygen atoms in total. The first-order valence-electron chi connectivity index (χ1n) is 20.4. The zero-order chi connectivity index (χ0) is 40.3. The highest BCUT2D eigenvalue weighted by Gasteiger charge is 2.26. The fourth-order valence-corrected chi connectivity index (χ4v) is 8.76. The van der Waals surface area contributed by atoms with Gasteiger partial charge in [0.1, 0.15) is 0 Å². The minimum atomic E-state index is 0.613. The molecule has 1 aliphatic rings. The molecule has 0 atom stereocenters. The molecule has 0 unspecified atom stereocenters. The topological polar surface area (TPSA) is 56.1 Å². The molecule has 0 radical (unpaired) electrons. The second-order valence-corrected chi connectivity index (χ2v) is 15.3. The fraction of sp³-hybridized carbons (Fsp3) is 0. The Bertz CT molecular complexity index is 3400. The number of hydrogen-bond donors (Lipinski definition) is 0. The van der Waals surface area contributed by atoms with Crippen LogP contribution >= 0.6 is 0 Å². The maximum absolute atomic E-state index is 6.50. The number of rotatable bonds is 6. The molecule has 0 saturated carbocycles. The molecule has 0 saturated heterocycles. The van der Waals surface area contributed by atoms with E-state index < -0.39 is 0 Å². The maximum atomic E-state index is 6.50. The van der Waals surface area contributed by atoms with E-state index in [0.717, 1.165) is 73.1 Å². The Balaban J connectivity index is 1.05. The van der Waals surface area contributed by atoms with E-state index >= 15 is 0 Å². The minimum Gasteiger partial charge on any atom is -0.453 e. The molecule has 0 aliphatic carbocycles. The molecular weight excluding hydrogens is 747 g/mol. The molecule has 0 fully saturated rings. The molecule has 0 bridgehead atoms. The van der Waals surface area contributed by atoms with E-state index in [4.69, 9.17) is 19.7 Å². The van der Waals surface area contributed by atoms with E-state index in [2.05, 4.69) is 149 Å². The number of ether oxygens (including phenoxy) is 1. The minimum absolute atomic E-state index is 0.613. The van der Waals surface area contributed by atoms with Crippen molar-refractivity contribution >= 4 is 49.6 Å². The first-order chi connectivity index (χ1) is 30.2. The highest BCUT2D eigenvalue weighted by Crippen LogP contribution is 2.51. The Morgan fingerprint density at radius 1 is 0.344 bits per heavy atom. The Kier molecular flexibility index (Phi) is 8.06. The van der Waals surface area contributed by atoms with Crippen LogP contribution in [0.3, 0.4) is 0 Å². The molecular formula is C55H35N5O. The van der Waals surface area contributed by atoms with Gasteiger partial charge in [0, 0.05) is 38.8 Å². The monoisotopic (exact) mass is 781 g/mol. The predicted octanol–water partition coefficient (Wildman–Crippen LogP) is 14.4. The summed E-state index contributed by atoms with van der Waals surface area (Å²) in [5, 5.41) is 4.82. The molecule has 6 heteroatoms. The second kappa shape index (κ2) is 14.2. The normalized spacial score (nSPS) is 12.0. The second-order valence-electron chi connectivity index (χ2n) is 15.3. The van der Waals surface area contributed by atoms with Crippen molar-refractivity contribution in [1.29, 1.82) is 0 Å². The quantitative estimate of drug-likeness (QED) is 0.168. The number of para-hydroxylation sites is 3. The standard InChI is InChI=1S/C55H35N5O/c1-4-16-37(17-5-1)53-56-54(38-18-6-2-7-19-38)58-55(57-53)41-20-14-23-43(33-41)60-47-31-28-36-15-10-11-24-44(36)52(47)45-30-27-39(34-48(45)60)40-29-32-51-49(35-40)59(42-21-8-3-9-22-42)46-25-12-13-26-50(46)61-51/h1-35H. The van der Waals surface area contributed by atoms with Gasteiger partial charge in [-0.05, 0) is 82.6 Å². The number of hydrogen-bond acceptors (Lipinski definition) is 5. The SMILES string of the molecule is c1ccc(-c2nc(-c3ccccc3)nc(-c3cccc(-n4c5cc(-c6ccc7c(c6)N(c6ccccc6)c6ccccc6O7)ccc5c5c6ccccc6ccc54)c3)n2)cc1. The molecule has 61 heavy (non-hydrogen) atoms. The van der Waals surface area contributed by atoms with E-state index in [9.17, 15) is 0 Å². The fourth-order valence-electron chi connectivity index (χ4n) is 8.76. The number of fused-ring (bicyclic) bond motifs is 7. The van der Waals surface area contributed by atoms with Crippen LogP contribution in [-0.2, 0) is 0 Å². The van der Waals surface area contributed by atoms with Gasteiger partial charge in [-0.2, -0.15) is 0 Å². The van der Waals surface area contributed by atoms with E-state index in [1.165, 1.54) is 21.5 Å². The molecule has 0 spiro atoms. The largest absolute Gasteiger partial charge is 0.453 e. The van der Waals surface area contributed by atoms with Crippen molar-refractivity contribution in [2.75, 3.05) is 4.90 Å². The Labute approximate surface area is 352 Å². The Morgan fingerprint density at radius 2 is 0.934 bits per heavy atom. The zero-order valence-electron chi connectivity index (χ0n) is 32.9. The summed E-state index contributed by atoms with van der Waals surface area (Å²) in [6, 6.07) is 74.0. The molecule has 3 heterocycles. The van der Waals surface area contributed by atoms with E-state index in [0.29, 0.717) is 17.5 Å². The number of nitrogens with zero attached hydrogens (tertiary/aromatic N) is 5.